The van der Waals surface area contributed by atoms with Crippen LogP contribution < -0.4 is 15.5 Å². The third-order valence-electron chi connectivity index (χ3n) is 5.09. The van der Waals surface area contributed by atoms with Gasteiger partial charge < -0.3 is 19.5 Å². The predicted octanol–water partition coefficient (Wildman–Crippen LogP) is 3.69. The fourth-order valence-electron chi connectivity index (χ4n) is 3.50. The minimum atomic E-state index is -0.980. The van der Waals surface area contributed by atoms with E-state index in [2.05, 4.69) is 10.6 Å². The average molecular weight is 457 g/mol. The molecule has 2 heterocycles. The number of carbonyl (C=O) groups excluding carboxylic acids is 3. The molecule has 0 fully saturated rings. The zero-order valence-electron chi connectivity index (χ0n) is 18.2. The quantitative estimate of drug-likeness (QED) is 0.399. The monoisotopic (exact) mass is 457 g/mol. The number of hydrogen-bond donors (Lipinski definition) is 2. The molecule has 0 radical (unpaired) electrons. The molecule has 4 rings (SSSR count). The van der Waals surface area contributed by atoms with Crippen LogP contribution in [0.15, 0.2) is 106 Å². The largest absolute Gasteiger partial charge is 0.467 e. The lowest BCUT2D eigenvalue weighted by molar-refractivity contribution is -0.126. The van der Waals surface area contributed by atoms with Crippen LogP contribution in [-0.4, -0.2) is 24.3 Å². The van der Waals surface area contributed by atoms with E-state index in [9.17, 15) is 14.4 Å². The Labute approximate surface area is 196 Å². The van der Waals surface area contributed by atoms with Crippen molar-refractivity contribution >= 4 is 23.4 Å². The maximum Gasteiger partial charge on any atom is 0.287 e. The van der Waals surface area contributed by atoms with Gasteiger partial charge in [-0.15, -0.1) is 0 Å². The highest BCUT2D eigenvalue weighted by atomic mass is 16.3. The first-order chi connectivity index (χ1) is 16.6. The van der Waals surface area contributed by atoms with E-state index < -0.39 is 23.8 Å². The van der Waals surface area contributed by atoms with E-state index in [0.717, 1.165) is 0 Å². The Hall–Kier alpha value is -4.59. The van der Waals surface area contributed by atoms with Crippen molar-refractivity contribution < 1.29 is 23.2 Å². The van der Waals surface area contributed by atoms with Crippen LogP contribution in [0.3, 0.4) is 0 Å². The van der Waals surface area contributed by atoms with E-state index in [1.807, 2.05) is 12.1 Å². The molecule has 4 aromatic rings. The molecule has 0 spiro atoms. The van der Waals surface area contributed by atoms with Gasteiger partial charge in [0.25, 0.3) is 5.91 Å². The number of nitrogens with one attached hydrogen (secondary N) is 2. The molecule has 0 aliphatic heterocycles. The first-order valence-electron chi connectivity index (χ1n) is 10.7. The number of anilines is 1. The minimum Gasteiger partial charge on any atom is -0.467 e. The van der Waals surface area contributed by atoms with Crippen molar-refractivity contribution in [3.8, 4) is 0 Å². The summed E-state index contributed by atoms with van der Waals surface area (Å²) in [4.78, 5) is 40.6. The molecular formula is C26H23N3O5. The van der Waals surface area contributed by atoms with Crippen LogP contribution in [0.25, 0.3) is 0 Å². The van der Waals surface area contributed by atoms with Gasteiger partial charge in [-0.05, 0) is 42.0 Å². The first kappa shape index (κ1) is 22.6. The van der Waals surface area contributed by atoms with E-state index >= 15 is 0 Å². The van der Waals surface area contributed by atoms with Gasteiger partial charge in [-0.1, -0.05) is 48.5 Å². The number of furan rings is 2. The number of benzene rings is 2. The lowest BCUT2D eigenvalue weighted by Gasteiger charge is -2.31. The van der Waals surface area contributed by atoms with Crippen molar-refractivity contribution in [3.63, 3.8) is 0 Å². The molecule has 0 saturated heterocycles. The van der Waals surface area contributed by atoms with Gasteiger partial charge in [-0.3, -0.25) is 19.3 Å². The molecule has 8 heteroatoms. The highest BCUT2D eigenvalue weighted by Crippen LogP contribution is 2.28. The summed E-state index contributed by atoms with van der Waals surface area (Å²) in [6, 6.07) is 23.4. The van der Waals surface area contributed by atoms with E-state index in [4.69, 9.17) is 8.83 Å². The highest BCUT2D eigenvalue weighted by molar-refractivity contribution is 6.04. The molecule has 2 aromatic carbocycles. The van der Waals surface area contributed by atoms with Gasteiger partial charge in [0.1, 0.15) is 11.8 Å². The van der Waals surface area contributed by atoms with E-state index in [-0.39, 0.29) is 18.8 Å². The third kappa shape index (κ3) is 5.42. The molecule has 0 aliphatic rings. The normalized spacial score (nSPS) is 11.4. The van der Waals surface area contributed by atoms with Crippen molar-refractivity contribution in [2.24, 2.45) is 0 Å². The fraction of sp³-hybridized carbons (Fsp3) is 0.115. The summed E-state index contributed by atoms with van der Waals surface area (Å²) in [5.41, 5.74) is 1.13. The van der Waals surface area contributed by atoms with Crippen molar-refractivity contribution in [1.29, 1.82) is 0 Å². The number of carbonyl (C=O) groups is 3. The lowest BCUT2D eigenvalue weighted by Crippen LogP contribution is -2.47. The zero-order chi connectivity index (χ0) is 23.8. The molecule has 172 valence electrons. The second-order valence-corrected chi connectivity index (χ2v) is 7.37. The van der Waals surface area contributed by atoms with Crippen molar-refractivity contribution in [3.05, 3.63) is 115 Å². The van der Waals surface area contributed by atoms with Crippen LogP contribution in [0, 0.1) is 0 Å². The third-order valence-corrected chi connectivity index (χ3v) is 5.09. The van der Waals surface area contributed by atoms with Crippen LogP contribution in [-0.2, 0) is 16.1 Å². The van der Waals surface area contributed by atoms with Gasteiger partial charge in [-0.25, -0.2) is 0 Å². The van der Waals surface area contributed by atoms with Crippen LogP contribution in [0.2, 0.25) is 0 Å². The maximum atomic E-state index is 13.5. The Morgan fingerprint density at radius 2 is 1.44 bits per heavy atom. The second kappa shape index (κ2) is 10.8. The number of para-hydroxylation sites is 1. The summed E-state index contributed by atoms with van der Waals surface area (Å²) in [7, 11) is 0. The molecule has 8 nitrogen and oxygen atoms in total. The molecule has 34 heavy (non-hydrogen) atoms. The summed E-state index contributed by atoms with van der Waals surface area (Å²) in [6.45, 7) is -0.162. The Bertz CT molecular complexity index is 1210. The van der Waals surface area contributed by atoms with Gasteiger partial charge >= 0.3 is 0 Å². The van der Waals surface area contributed by atoms with Gasteiger partial charge in [0, 0.05) is 5.69 Å². The Morgan fingerprint density at radius 1 is 0.765 bits per heavy atom. The fourth-order valence-corrected chi connectivity index (χ4v) is 3.50. The standard InChI is InChI=1S/C26H23N3O5/c30-23(18-28-25(31)22-14-8-16-34-22)29(20-11-5-2-6-12-20)24(19-9-3-1-4-10-19)26(32)27-17-21-13-7-15-33-21/h1-16,24H,17-18H2,(H,27,32)(H,28,31). The Kier molecular flexibility index (Phi) is 7.19. The van der Waals surface area contributed by atoms with Crippen LogP contribution in [0.5, 0.6) is 0 Å². The summed E-state index contributed by atoms with van der Waals surface area (Å²) in [5, 5.41) is 5.41. The minimum absolute atomic E-state index is 0.0925. The topological polar surface area (TPSA) is 105 Å². The van der Waals surface area contributed by atoms with Crippen LogP contribution >= 0.6 is 0 Å². The zero-order valence-corrected chi connectivity index (χ0v) is 18.2. The summed E-state index contributed by atoms with van der Waals surface area (Å²) in [5.74, 6) is -0.700. The highest BCUT2D eigenvalue weighted by Gasteiger charge is 2.32. The molecule has 3 amide bonds. The average Bonchev–Trinajstić information content (AvgIpc) is 3.60. The smallest absolute Gasteiger partial charge is 0.287 e. The number of rotatable bonds is 9. The maximum absolute atomic E-state index is 13.5. The van der Waals surface area contributed by atoms with Crippen LogP contribution in [0.1, 0.15) is 27.9 Å². The Balaban J connectivity index is 1.63. The second-order valence-electron chi connectivity index (χ2n) is 7.37. The van der Waals surface area contributed by atoms with Crippen LogP contribution in [0.4, 0.5) is 5.69 Å². The van der Waals surface area contributed by atoms with Gasteiger partial charge in [0.2, 0.25) is 11.8 Å². The van der Waals surface area contributed by atoms with Crippen molar-refractivity contribution in [1.82, 2.24) is 10.6 Å². The SMILES string of the molecule is O=C(NCC(=O)N(c1ccccc1)C(C(=O)NCc1ccco1)c1ccccc1)c1ccco1. The molecule has 1 atom stereocenters. The number of nitrogens with zero attached hydrogens (tertiary/aromatic N) is 1. The summed E-state index contributed by atoms with van der Waals surface area (Å²) >= 11 is 0. The van der Waals surface area contributed by atoms with Gasteiger partial charge in [0.15, 0.2) is 5.76 Å². The number of hydrogen-bond acceptors (Lipinski definition) is 5. The van der Waals surface area contributed by atoms with Crippen molar-refractivity contribution in [2.45, 2.75) is 12.6 Å². The van der Waals surface area contributed by atoms with Crippen molar-refractivity contribution in [2.75, 3.05) is 11.4 Å². The molecule has 1 unspecified atom stereocenters. The molecule has 0 saturated carbocycles. The predicted molar refractivity (Wildman–Crippen MR) is 125 cm³/mol. The molecular weight excluding hydrogens is 434 g/mol. The van der Waals surface area contributed by atoms with Gasteiger partial charge in [0.05, 0.1) is 25.6 Å². The van der Waals surface area contributed by atoms with E-state index in [0.29, 0.717) is 17.0 Å². The first-order valence-corrected chi connectivity index (χ1v) is 10.7. The van der Waals surface area contributed by atoms with Gasteiger partial charge in [-0.2, -0.15) is 0 Å². The summed E-state index contributed by atoms with van der Waals surface area (Å²) in [6.07, 6.45) is 2.90. The Morgan fingerprint density at radius 3 is 2.09 bits per heavy atom. The molecule has 0 aliphatic carbocycles. The molecule has 2 N–H and O–H groups in total. The lowest BCUT2D eigenvalue weighted by atomic mass is 10.0. The van der Waals surface area contributed by atoms with E-state index in [1.54, 1.807) is 66.7 Å². The van der Waals surface area contributed by atoms with E-state index in [1.165, 1.54) is 23.5 Å². The number of amides is 3. The summed E-state index contributed by atoms with van der Waals surface area (Å²) < 4.78 is 10.4. The molecule has 0 bridgehead atoms. The molecule has 2 aromatic heterocycles.